The molecule has 1 aromatic carbocycles. The minimum Gasteiger partial charge on any atom is -0.496 e. The molecule has 0 radical (unpaired) electrons. The van der Waals surface area contributed by atoms with Crippen molar-refractivity contribution in [1.29, 1.82) is 0 Å². The van der Waals surface area contributed by atoms with Crippen LogP contribution in [0.3, 0.4) is 0 Å². The fourth-order valence-electron chi connectivity index (χ4n) is 1.55. The predicted molar refractivity (Wildman–Crippen MR) is 83.9 cm³/mol. The standard InChI is InChI=1S/C14H20ClNO4S/c1-14(2,3)21(18,19)8-7-16-13(17)11-6-5-10(15)9-12(11)20-4/h5-6,9H,7-8H2,1-4H3,(H,16,17). The molecule has 0 spiro atoms. The average molecular weight is 334 g/mol. The summed E-state index contributed by atoms with van der Waals surface area (Å²) >= 11 is 5.82. The van der Waals surface area contributed by atoms with E-state index in [9.17, 15) is 13.2 Å². The number of carbonyl (C=O) groups is 1. The first kappa shape index (κ1) is 17.8. The van der Waals surface area contributed by atoms with Gasteiger partial charge in [0.2, 0.25) is 0 Å². The molecule has 0 bridgehead atoms. The van der Waals surface area contributed by atoms with E-state index in [0.29, 0.717) is 16.3 Å². The largest absolute Gasteiger partial charge is 0.496 e. The van der Waals surface area contributed by atoms with Crippen LogP contribution in [0.2, 0.25) is 5.02 Å². The van der Waals surface area contributed by atoms with Crippen LogP contribution in [-0.4, -0.2) is 38.5 Å². The maximum Gasteiger partial charge on any atom is 0.255 e. The van der Waals surface area contributed by atoms with E-state index < -0.39 is 20.5 Å². The number of halogens is 1. The van der Waals surface area contributed by atoms with E-state index in [-0.39, 0.29) is 12.3 Å². The van der Waals surface area contributed by atoms with Gasteiger partial charge in [0.25, 0.3) is 5.91 Å². The van der Waals surface area contributed by atoms with Gasteiger partial charge in [-0.3, -0.25) is 4.79 Å². The molecule has 0 aliphatic rings. The molecular weight excluding hydrogens is 314 g/mol. The Kier molecular flexibility index (Phi) is 5.64. The summed E-state index contributed by atoms with van der Waals surface area (Å²) < 4.78 is 28.1. The number of nitrogens with one attached hydrogen (secondary N) is 1. The summed E-state index contributed by atoms with van der Waals surface area (Å²) in [5, 5.41) is 3.04. The van der Waals surface area contributed by atoms with E-state index in [2.05, 4.69) is 5.32 Å². The molecule has 1 amide bonds. The first-order valence-corrected chi connectivity index (χ1v) is 8.45. The lowest BCUT2D eigenvalue weighted by atomic mass is 10.2. The van der Waals surface area contributed by atoms with Crippen molar-refractivity contribution in [3.8, 4) is 5.75 Å². The van der Waals surface area contributed by atoms with Crippen LogP contribution in [0, 0.1) is 0 Å². The van der Waals surface area contributed by atoms with Crippen LogP contribution in [0.4, 0.5) is 0 Å². The van der Waals surface area contributed by atoms with Gasteiger partial charge in [0.15, 0.2) is 9.84 Å². The Bertz CT molecular complexity index is 620. The molecule has 1 aromatic rings. The molecule has 0 saturated heterocycles. The molecule has 0 aliphatic heterocycles. The van der Waals surface area contributed by atoms with Gasteiger partial charge < -0.3 is 10.1 Å². The third-order valence-electron chi connectivity index (χ3n) is 3.00. The molecule has 7 heteroatoms. The Morgan fingerprint density at radius 1 is 1.33 bits per heavy atom. The number of sulfone groups is 1. The van der Waals surface area contributed by atoms with E-state index in [0.717, 1.165) is 0 Å². The summed E-state index contributed by atoms with van der Waals surface area (Å²) in [6.07, 6.45) is 0. The Hall–Kier alpha value is -1.27. The number of hydrogen-bond acceptors (Lipinski definition) is 4. The number of benzene rings is 1. The van der Waals surface area contributed by atoms with Crippen LogP contribution in [-0.2, 0) is 9.84 Å². The molecule has 21 heavy (non-hydrogen) atoms. The van der Waals surface area contributed by atoms with Gasteiger partial charge in [0, 0.05) is 11.6 Å². The van der Waals surface area contributed by atoms with Crippen molar-refractivity contribution in [3.63, 3.8) is 0 Å². The van der Waals surface area contributed by atoms with Gasteiger partial charge in [-0.2, -0.15) is 0 Å². The summed E-state index contributed by atoms with van der Waals surface area (Å²) in [5.41, 5.74) is 0.315. The van der Waals surface area contributed by atoms with Gasteiger partial charge >= 0.3 is 0 Å². The van der Waals surface area contributed by atoms with Crippen molar-refractivity contribution in [3.05, 3.63) is 28.8 Å². The SMILES string of the molecule is COc1cc(Cl)ccc1C(=O)NCCS(=O)(=O)C(C)(C)C. The average Bonchev–Trinajstić information content (AvgIpc) is 2.36. The second-order valence-electron chi connectivity index (χ2n) is 5.53. The summed E-state index contributed by atoms with van der Waals surface area (Å²) in [5.74, 6) is -0.163. The van der Waals surface area contributed by atoms with Crippen LogP contribution in [0.25, 0.3) is 0 Å². The normalized spacial score (nSPS) is 12.0. The molecule has 0 aliphatic carbocycles. The minimum atomic E-state index is -3.27. The molecule has 0 atom stereocenters. The van der Waals surface area contributed by atoms with E-state index in [1.54, 1.807) is 26.8 Å². The molecule has 0 fully saturated rings. The van der Waals surface area contributed by atoms with Crippen molar-refractivity contribution < 1.29 is 17.9 Å². The van der Waals surface area contributed by atoms with E-state index in [4.69, 9.17) is 16.3 Å². The highest BCUT2D eigenvalue weighted by Crippen LogP contribution is 2.23. The highest BCUT2D eigenvalue weighted by molar-refractivity contribution is 7.92. The fourth-order valence-corrected chi connectivity index (χ4v) is 2.70. The van der Waals surface area contributed by atoms with Crippen LogP contribution in [0.1, 0.15) is 31.1 Å². The number of amides is 1. The van der Waals surface area contributed by atoms with Gasteiger partial charge in [0.1, 0.15) is 5.75 Å². The van der Waals surface area contributed by atoms with Crippen molar-refractivity contribution in [2.75, 3.05) is 19.4 Å². The summed E-state index contributed by atoms with van der Waals surface area (Å²) in [6.45, 7) is 4.94. The van der Waals surface area contributed by atoms with E-state index in [1.165, 1.54) is 19.2 Å². The van der Waals surface area contributed by atoms with Crippen molar-refractivity contribution >= 4 is 27.3 Å². The molecule has 0 heterocycles. The summed E-state index contributed by atoms with van der Waals surface area (Å²) in [7, 11) is -1.83. The number of ether oxygens (including phenoxy) is 1. The molecule has 1 N–H and O–H groups in total. The molecular formula is C14H20ClNO4S. The molecule has 5 nitrogen and oxygen atoms in total. The number of methoxy groups -OCH3 is 1. The number of carbonyl (C=O) groups excluding carboxylic acids is 1. The van der Waals surface area contributed by atoms with Crippen LogP contribution in [0.5, 0.6) is 5.75 Å². The zero-order valence-electron chi connectivity index (χ0n) is 12.6. The van der Waals surface area contributed by atoms with E-state index in [1.807, 2.05) is 0 Å². The monoisotopic (exact) mass is 333 g/mol. The van der Waals surface area contributed by atoms with Crippen LogP contribution in [0.15, 0.2) is 18.2 Å². The smallest absolute Gasteiger partial charge is 0.255 e. The van der Waals surface area contributed by atoms with Gasteiger partial charge in [-0.1, -0.05) is 11.6 Å². The Morgan fingerprint density at radius 2 is 1.95 bits per heavy atom. The zero-order valence-corrected chi connectivity index (χ0v) is 14.1. The Balaban J connectivity index is 2.72. The number of rotatable bonds is 5. The first-order chi connectivity index (χ1) is 9.58. The molecule has 0 unspecified atom stereocenters. The second kappa shape index (κ2) is 6.66. The fraction of sp³-hybridized carbons (Fsp3) is 0.500. The summed E-state index contributed by atoms with van der Waals surface area (Å²) in [6, 6.07) is 4.64. The molecule has 0 aromatic heterocycles. The third-order valence-corrected chi connectivity index (χ3v) is 5.84. The predicted octanol–water partition coefficient (Wildman–Crippen LogP) is 2.29. The van der Waals surface area contributed by atoms with E-state index >= 15 is 0 Å². The van der Waals surface area contributed by atoms with Gasteiger partial charge in [0.05, 0.1) is 23.2 Å². The third kappa shape index (κ3) is 4.61. The van der Waals surface area contributed by atoms with Crippen molar-refractivity contribution in [2.24, 2.45) is 0 Å². The van der Waals surface area contributed by atoms with Crippen molar-refractivity contribution in [2.45, 2.75) is 25.5 Å². The Labute approximate surface area is 130 Å². The zero-order chi connectivity index (χ0) is 16.3. The van der Waals surface area contributed by atoms with Crippen LogP contribution >= 0.6 is 11.6 Å². The lowest BCUT2D eigenvalue weighted by Crippen LogP contribution is -2.36. The van der Waals surface area contributed by atoms with Gasteiger partial charge in [-0.05, 0) is 39.0 Å². The topological polar surface area (TPSA) is 72.5 Å². The van der Waals surface area contributed by atoms with Crippen molar-refractivity contribution in [1.82, 2.24) is 5.32 Å². The lowest BCUT2D eigenvalue weighted by molar-refractivity contribution is 0.0953. The second-order valence-corrected chi connectivity index (χ2v) is 8.83. The molecule has 118 valence electrons. The highest BCUT2D eigenvalue weighted by Gasteiger charge is 2.28. The molecule has 0 saturated carbocycles. The minimum absolute atomic E-state index is 0.0459. The Morgan fingerprint density at radius 3 is 2.48 bits per heavy atom. The highest BCUT2D eigenvalue weighted by atomic mass is 35.5. The van der Waals surface area contributed by atoms with Gasteiger partial charge in [-0.25, -0.2) is 8.42 Å². The number of hydrogen-bond donors (Lipinski definition) is 1. The molecule has 1 rings (SSSR count). The maximum absolute atomic E-state index is 12.0. The van der Waals surface area contributed by atoms with Crippen LogP contribution < -0.4 is 10.1 Å². The van der Waals surface area contributed by atoms with Gasteiger partial charge in [-0.15, -0.1) is 0 Å². The lowest BCUT2D eigenvalue weighted by Gasteiger charge is -2.19. The first-order valence-electron chi connectivity index (χ1n) is 6.42. The summed E-state index contributed by atoms with van der Waals surface area (Å²) in [4.78, 5) is 12.0. The maximum atomic E-state index is 12.0. The quantitative estimate of drug-likeness (QED) is 0.897.